The van der Waals surface area contributed by atoms with E-state index in [4.69, 9.17) is 16.3 Å². The Bertz CT molecular complexity index is 354. The molecule has 0 saturated carbocycles. The zero-order chi connectivity index (χ0) is 11.4. The van der Waals surface area contributed by atoms with Crippen LogP contribution in [0.25, 0.3) is 0 Å². The SMILES string of the molecule is COc1cc(C)c(NC(=O)CCl)c(C)c1. The second kappa shape index (κ2) is 5.03. The summed E-state index contributed by atoms with van der Waals surface area (Å²) in [6.45, 7) is 3.83. The van der Waals surface area contributed by atoms with Crippen molar-refractivity contribution in [2.75, 3.05) is 18.3 Å². The lowest BCUT2D eigenvalue weighted by molar-refractivity contribution is -0.113. The molecule has 15 heavy (non-hydrogen) atoms. The smallest absolute Gasteiger partial charge is 0.239 e. The third kappa shape index (κ3) is 2.86. The van der Waals surface area contributed by atoms with E-state index < -0.39 is 0 Å². The van der Waals surface area contributed by atoms with E-state index >= 15 is 0 Å². The van der Waals surface area contributed by atoms with Crippen molar-refractivity contribution in [2.24, 2.45) is 0 Å². The topological polar surface area (TPSA) is 38.3 Å². The number of alkyl halides is 1. The van der Waals surface area contributed by atoms with Crippen molar-refractivity contribution in [3.8, 4) is 5.75 Å². The highest BCUT2D eigenvalue weighted by Gasteiger charge is 2.08. The molecule has 82 valence electrons. The van der Waals surface area contributed by atoms with Gasteiger partial charge in [-0.2, -0.15) is 0 Å². The Hall–Kier alpha value is -1.22. The normalized spacial score (nSPS) is 9.87. The number of carbonyl (C=O) groups excluding carboxylic acids is 1. The number of ether oxygens (including phenoxy) is 1. The largest absolute Gasteiger partial charge is 0.497 e. The van der Waals surface area contributed by atoms with Crippen LogP contribution in [0.2, 0.25) is 0 Å². The molecular formula is C11H14ClNO2. The molecule has 1 aromatic rings. The van der Waals surface area contributed by atoms with E-state index in [1.54, 1.807) is 7.11 Å². The number of amides is 1. The first-order valence-corrected chi connectivity index (χ1v) is 5.13. The molecule has 0 aliphatic rings. The number of nitrogens with one attached hydrogen (secondary N) is 1. The molecule has 0 fully saturated rings. The minimum Gasteiger partial charge on any atom is -0.497 e. The van der Waals surface area contributed by atoms with Gasteiger partial charge in [-0.3, -0.25) is 4.79 Å². The van der Waals surface area contributed by atoms with Gasteiger partial charge < -0.3 is 10.1 Å². The van der Waals surface area contributed by atoms with Gasteiger partial charge in [0.2, 0.25) is 5.91 Å². The maximum atomic E-state index is 11.2. The molecule has 0 radical (unpaired) electrons. The van der Waals surface area contributed by atoms with Crippen molar-refractivity contribution >= 4 is 23.2 Å². The second-order valence-corrected chi connectivity index (χ2v) is 3.59. The molecule has 0 aliphatic heterocycles. The standard InChI is InChI=1S/C11H14ClNO2/c1-7-4-9(15-3)5-8(2)11(7)13-10(14)6-12/h4-5H,6H2,1-3H3,(H,13,14). The molecule has 0 atom stereocenters. The summed E-state index contributed by atoms with van der Waals surface area (Å²) in [6, 6.07) is 3.74. The van der Waals surface area contributed by atoms with Crippen LogP contribution in [0.5, 0.6) is 5.75 Å². The molecule has 1 aromatic carbocycles. The summed E-state index contributed by atoms with van der Waals surface area (Å²) in [5.74, 6) is 0.548. The highest BCUT2D eigenvalue weighted by Crippen LogP contribution is 2.25. The van der Waals surface area contributed by atoms with E-state index in [-0.39, 0.29) is 11.8 Å². The molecular weight excluding hydrogens is 214 g/mol. The highest BCUT2D eigenvalue weighted by molar-refractivity contribution is 6.29. The predicted octanol–water partition coefficient (Wildman–Crippen LogP) is 2.49. The lowest BCUT2D eigenvalue weighted by atomic mass is 10.1. The zero-order valence-electron chi connectivity index (χ0n) is 9.06. The first-order valence-electron chi connectivity index (χ1n) is 4.59. The Kier molecular flexibility index (Phi) is 3.97. The number of aryl methyl sites for hydroxylation is 2. The molecule has 4 heteroatoms. The van der Waals surface area contributed by atoms with Gasteiger partial charge >= 0.3 is 0 Å². The molecule has 1 rings (SSSR count). The first kappa shape index (κ1) is 11.9. The van der Waals surface area contributed by atoms with Crippen molar-refractivity contribution in [1.29, 1.82) is 0 Å². The monoisotopic (exact) mass is 227 g/mol. The molecule has 0 aromatic heterocycles. The average molecular weight is 228 g/mol. The predicted molar refractivity (Wildman–Crippen MR) is 61.8 cm³/mol. The quantitative estimate of drug-likeness (QED) is 0.806. The van der Waals surface area contributed by atoms with Gasteiger partial charge in [-0.05, 0) is 37.1 Å². The summed E-state index contributed by atoms with van der Waals surface area (Å²) in [5.41, 5.74) is 2.73. The zero-order valence-corrected chi connectivity index (χ0v) is 9.81. The number of halogens is 1. The molecule has 0 saturated heterocycles. The average Bonchev–Trinajstić information content (AvgIpc) is 2.22. The summed E-state index contributed by atoms with van der Waals surface area (Å²) in [4.78, 5) is 11.2. The van der Waals surface area contributed by atoms with E-state index in [1.165, 1.54) is 0 Å². The van der Waals surface area contributed by atoms with Crippen LogP contribution in [0, 0.1) is 13.8 Å². The lowest BCUT2D eigenvalue weighted by Gasteiger charge is -2.12. The summed E-state index contributed by atoms with van der Waals surface area (Å²) in [7, 11) is 1.62. The molecule has 1 amide bonds. The summed E-state index contributed by atoms with van der Waals surface area (Å²) < 4.78 is 5.12. The molecule has 0 spiro atoms. The third-order valence-corrected chi connectivity index (χ3v) is 2.37. The van der Waals surface area contributed by atoms with E-state index in [0.717, 1.165) is 22.6 Å². The number of carbonyl (C=O) groups is 1. The summed E-state index contributed by atoms with van der Waals surface area (Å²) in [5, 5.41) is 2.75. The Labute approximate surface area is 94.4 Å². The van der Waals surface area contributed by atoms with Crippen LogP contribution in [-0.4, -0.2) is 18.9 Å². The van der Waals surface area contributed by atoms with E-state index in [0.29, 0.717) is 0 Å². The van der Waals surface area contributed by atoms with Crippen molar-refractivity contribution in [2.45, 2.75) is 13.8 Å². The van der Waals surface area contributed by atoms with Crippen molar-refractivity contribution in [3.63, 3.8) is 0 Å². The molecule has 0 unspecified atom stereocenters. The van der Waals surface area contributed by atoms with Crippen LogP contribution in [0.15, 0.2) is 12.1 Å². The second-order valence-electron chi connectivity index (χ2n) is 3.32. The summed E-state index contributed by atoms with van der Waals surface area (Å²) >= 11 is 5.43. The first-order chi connectivity index (χ1) is 7.08. The van der Waals surface area contributed by atoms with E-state index in [9.17, 15) is 4.79 Å². The molecule has 0 aliphatic carbocycles. The van der Waals surface area contributed by atoms with Gasteiger partial charge in [0.25, 0.3) is 0 Å². The number of hydrogen-bond acceptors (Lipinski definition) is 2. The van der Waals surface area contributed by atoms with Gasteiger partial charge in [0, 0.05) is 5.69 Å². The van der Waals surface area contributed by atoms with Crippen LogP contribution in [0.4, 0.5) is 5.69 Å². The van der Waals surface area contributed by atoms with Crippen LogP contribution in [-0.2, 0) is 4.79 Å². The Morgan fingerprint density at radius 1 is 1.40 bits per heavy atom. The number of benzene rings is 1. The maximum absolute atomic E-state index is 11.2. The van der Waals surface area contributed by atoms with Gasteiger partial charge in [-0.1, -0.05) is 0 Å². The van der Waals surface area contributed by atoms with Crippen LogP contribution >= 0.6 is 11.6 Å². The maximum Gasteiger partial charge on any atom is 0.239 e. The van der Waals surface area contributed by atoms with Crippen LogP contribution in [0.1, 0.15) is 11.1 Å². The number of methoxy groups -OCH3 is 1. The van der Waals surface area contributed by atoms with E-state index in [2.05, 4.69) is 5.32 Å². The fraction of sp³-hybridized carbons (Fsp3) is 0.364. The molecule has 3 nitrogen and oxygen atoms in total. The summed E-state index contributed by atoms with van der Waals surface area (Å²) in [6.07, 6.45) is 0. The molecule has 1 N–H and O–H groups in total. The lowest BCUT2D eigenvalue weighted by Crippen LogP contribution is -2.14. The number of hydrogen-bond donors (Lipinski definition) is 1. The van der Waals surface area contributed by atoms with Gasteiger partial charge in [-0.15, -0.1) is 11.6 Å². The molecule has 0 bridgehead atoms. The highest BCUT2D eigenvalue weighted by atomic mass is 35.5. The minimum absolute atomic E-state index is 0.0368. The Morgan fingerprint density at radius 3 is 2.33 bits per heavy atom. The van der Waals surface area contributed by atoms with Crippen molar-refractivity contribution < 1.29 is 9.53 Å². The number of anilines is 1. The number of rotatable bonds is 3. The minimum atomic E-state index is -0.201. The Morgan fingerprint density at radius 2 is 1.93 bits per heavy atom. The fourth-order valence-corrected chi connectivity index (χ4v) is 1.48. The van der Waals surface area contributed by atoms with Crippen LogP contribution < -0.4 is 10.1 Å². The van der Waals surface area contributed by atoms with Gasteiger partial charge in [0.05, 0.1) is 7.11 Å². The van der Waals surface area contributed by atoms with Gasteiger partial charge in [-0.25, -0.2) is 0 Å². The van der Waals surface area contributed by atoms with Crippen molar-refractivity contribution in [1.82, 2.24) is 0 Å². The van der Waals surface area contributed by atoms with Gasteiger partial charge in [0.1, 0.15) is 11.6 Å². The van der Waals surface area contributed by atoms with Crippen molar-refractivity contribution in [3.05, 3.63) is 23.3 Å². The Balaban J connectivity index is 3.03. The molecule has 0 heterocycles. The van der Waals surface area contributed by atoms with E-state index in [1.807, 2.05) is 26.0 Å². The fourth-order valence-electron chi connectivity index (χ4n) is 1.41. The van der Waals surface area contributed by atoms with Gasteiger partial charge in [0.15, 0.2) is 0 Å². The van der Waals surface area contributed by atoms with Crippen LogP contribution in [0.3, 0.4) is 0 Å². The third-order valence-electron chi connectivity index (χ3n) is 2.13.